The molecule has 1 aromatic rings. The maximum Gasteiger partial charge on any atom is 0.277 e. The number of piperazine rings is 1. The average molecular weight is 279 g/mol. The lowest BCUT2D eigenvalue weighted by Gasteiger charge is -2.31. The van der Waals surface area contributed by atoms with Gasteiger partial charge in [0, 0.05) is 0 Å². The molecule has 1 aliphatic rings. The molecule has 1 fully saturated rings. The molecule has 0 spiro atoms. The molecule has 0 aromatic carbocycles. The summed E-state index contributed by atoms with van der Waals surface area (Å²) < 4.78 is 0. The van der Waals surface area contributed by atoms with Crippen LogP contribution in [0.25, 0.3) is 0 Å². The molecule has 3 amide bonds. The number of nitrogen functional groups attached to an aromatic ring is 1. The predicted octanol–water partition coefficient (Wildman–Crippen LogP) is -0.568. The minimum absolute atomic E-state index is 0.0581. The molecule has 0 bridgehead atoms. The molecular weight excluding hydrogens is 262 g/mol. The van der Waals surface area contributed by atoms with Crippen LogP contribution in [-0.4, -0.2) is 45.4 Å². The number of carbonyl (C=O) groups is 3. The van der Waals surface area contributed by atoms with Gasteiger partial charge in [-0.3, -0.25) is 24.8 Å². The van der Waals surface area contributed by atoms with Crippen LogP contribution < -0.4 is 11.1 Å². The molecule has 1 aromatic heterocycles. The molecule has 2 rings (SSSR count). The molecule has 0 radical (unpaired) electrons. The summed E-state index contributed by atoms with van der Waals surface area (Å²) in [6.07, 6.45) is 1.54. The number of nitrogens with two attached hydrogens (primary N) is 1. The van der Waals surface area contributed by atoms with Crippen molar-refractivity contribution < 1.29 is 14.4 Å². The maximum absolute atomic E-state index is 12.4. The molecule has 1 unspecified atom stereocenters. The Balaban J connectivity index is 2.26. The van der Waals surface area contributed by atoms with Gasteiger partial charge in [0.2, 0.25) is 11.8 Å². The van der Waals surface area contributed by atoms with Crippen molar-refractivity contribution in [2.24, 2.45) is 0 Å². The van der Waals surface area contributed by atoms with Crippen LogP contribution in [0.15, 0.2) is 0 Å². The normalized spacial score (nSPS) is 19.1. The molecule has 1 saturated heterocycles. The smallest absolute Gasteiger partial charge is 0.277 e. The Morgan fingerprint density at radius 2 is 2.20 bits per heavy atom. The molecule has 4 N–H and O–H groups in total. The quantitative estimate of drug-likeness (QED) is 0.640. The van der Waals surface area contributed by atoms with Crippen molar-refractivity contribution in [3.05, 3.63) is 11.4 Å². The molecule has 1 aliphatic heterocycles. The number of carbonyl (C=O) groups excluding carboxylic acids is 3. The number of H-pyrrole nitrogens is 1. The summed E-state index contributed by atoms with van der Waals surface area (Å²) in [7, 11) is 0. The third-order valence-electron chi connectivity index (χ3n) is 3.27. The predicted molar refractivity (Wildman–Crippen MR) is 70.6 cm³/mol. The van der Waals surface area contributed by atoms with E-state index in [0.29, 0.717) is 12.1 Å². The van der Waals surface area contributed by atoms with Crippen LogP contribution in [0.4, 0.5) is 5.69 Å². The molecule has 108 valence electrons. The lowest BCUT2D eigenvalue weighted by molar-refractivity contribution is -0.138. The van der Waals surface area contributed by atoms with E-state index in [9.17, 15) is 14.4 Å². The summed E-state index contributed by atoms with van der Waals surface area (Å²) in [6.45, 7) is 3.36. The van der Waals surface area contributed by atoms with Gasteiger partial charge in [-0.05, 0) is 13.3 Å². The Bertz CT molecular complexity index is 565. The first-order valence-corrected chi connectivity index (χ1v) is 6.43. The van der Waals surface area contributed by atoms with Crippen molar-refractivity contribution in [1.82, 2.24) is 20.4 Å². The van der Waals surface area contributed by atoms with Gasteiger partial charge in [-0.15, -0.1) is 0 Å². The van der Waals surface area contributed by atoms with Crippen LogP contribution >= 0.6 is 0 Å². The van der Waals surface area contributed by atoms with Gasteiger partial charge in [0.15, 0.2) is 5.69 Å². The number of amides is 3. The highest BCUT2D eigenvalue weighted by Crippen LogP contribution is 2.19. The number of aryl methyl sites for hydroxylation is 1. The van der Waals surface area contributed by atoms with Gasteiger partial charge in [-0.2, -0.15) is 5.10 Å². The van der Waals surface area contributed by atoms with Crippen LogP contribution in [0.3, 0.4) is 0 Å². The van der Waals surface area contributed by atoms with Gasteiger partial charge in [0.05, 0.1) is 11.4 Å². The zero-order valence-electron chi connectivity index (χ0n) is 11.4. The number of imide groups is 1. The number of rotatable bonds is 3. The van der Waals surface area contributed by atoms with E-state index in [1.54, 1.807) is 6.92 Å². The van der Waals surface area contributed by atoms with Crippen molar-refractivity contribution in [3.8, 4) is 0 Å². The number of hydrogen-bond donors (Lipinski definition) is 3. The van der Waals surface area contributed by atoms with E-state index < -0.39 is 23.8 Å². The third-order valence-corrected chi connectivity index (χ3v) is 3.27. The van der Waals surface area contributed by atoms with Gasteiger partial charge < -0.3 is 10.6 Å². The highest BCUT2D eigenvalue weighted by Gasteiger charge is 2.35. The Kier molecular flexibility index (Phi) is 3.73. The first kappa shape index (κ1) is 14.0. The summed E-state index contributed by atoms with van der Waals surface area (Å²) in [4.78, 5) is 36.5. The zero-order valence-corrected chi connectivity index (χ0v) is 11.4. The van der Waals surface area contributed by atoms with Crippen molar-refractivity contribution in [3.63, 3.8) is 0 Å². The van der Waals surface area contributed by atoms with E-state index in [4.69, 9.17) is 5.73 Å². The molecule has 8 nitrogen and oxygen atoms in total. The molecule has 20 heavy (non-hydrogen) atoms. The van der Waals surface area contributed by atoms with Gasteiger partial charge >= 0.3 is 0 Å². The summed E-state index contributed by atoms with van der Waals surface area (Å²) in [5.41, 5.74) is 6.91. The summed E-state index contributed by atoms with van der Waals surface area (Å²) in [5, 5.41) is 8.81. The first-order valence-electron chi connectivity index (χ1n) is 6.43. The van der Waals surface area contributed by atoms with Crippen LogP contribution in [0, 0.1) is 0 Å². The second kappa shape index (κ2) is 5.32. The van der Waals surface area contributed by atoms with Crippen LogP contribution in [0.2, 0.25) is 0 Å². The zero-order chi connectivity index (χ0) is 14.9. The summed E-state index contributed by atoms with van der Waals surface area (Å²) in [6, 6.07) is -0.731. The van der Waals surface area contributed by atoms with E-state index in [-0.39, 0.29) is 17.9 Å². The number of aromatic nitrogens is 2. The second-order valence-corrected chi connectivity index (χ2v) is 4.74. The topological polar surface area (TPSA) is 121 Å². The molecule has 0 aliphatic carbocycles. The Hall–Kier alpha value is -2.38. The lowest BCUT2D eigenvalue weighted by Crippen LogP contribution is -2.58. The molecule has 1 atom stereocenters. The summed E-state index contributed by atoms with van der Waals surface area (Å²) >= 11 is 0. The van der Waals surface area contributed by atoms with Gasteiger partial charge in [0.1, 0.15) is 12.6 Å². The highest BCUT2D eigenvalue weighted by molar-refractivity contribution is 6.07. The lowest BCUT2D eigenvalue weighted by atomic mass is 10.1. The van der Waals surface area contributed by atoms with E-state index in [1.807, 2.05) is 6.92 Å². The minimum atomic E-state index is -0.731. The number of nitrogens with zero attached hydrogens (tertiary/aromatic N) is 2. The number of aromatic amines is 1. The van der Waals surface area contributed by atoms with E-state index in [1.165, 1.54) is 4.90 Å². The molecule has 0 saturated carbocycles. The first-order chi connectivity index (χ1) is 9.45. The van der Waals surface area contributed by atoms with Crippen molar-refractivity contribution in [2.75, 3.05) is 12.3 Å². The highest BCUT2D eigenvalue weighted by atomic mass is 16.2. The second-order valence-electron chi connectivity index (χ2n) is 4.74. The maximum atomic E-state index is 12.4. The van der Waals surface area contributed by atoms with Crippen molar-refractivity contribution >= 4 is 23.4 Å². The Morgan fingerprint density at radius 3 is 2.85 bits per heavy atom. The molecular formula is C12H17N5O3. The van der Waals surface area contributed by atoms with Crippen LogP contribution in [-0.2, 0) is 16.0 Å². The fraction of sp³-hybridized carbons (Fsp3) is 0.500. The number of hydrogen-bond acceptors (Lipinski definition) is 5. The van der Waals surface area contributed by atoms with Crippen LogP contribution in [0.1, 0.15) is 36.5 Å². The van der Waals surface area contributed by atoms with E-state index in [2.05, 4.69) is 15.5 Å². The van der Waals surface area contributed by atoms with Gasteiger partial charge in [-0.25, -0.2) is 0 Å². The Morgan fingerprint density at radius 1 is 1.50 bits per heavy atom. The monoisotopic (exact) mass is 279 g/mol. The minimum Gasteiger partial charge on any atom is -0.395 e. The van der Waals surface area contributed by atoms with Gasteiger partial charge in [0.25, 0.3) is 5.91 Å². The van der Waals surface area contributed by atoms with Gasteiger partial charge in [-0.1, -0.05) is 13.3 Å². The van der Waals surface area contributed by atoms with Crippen molar-refractivity contribution in [2.45, 2.75) is 32.7 Å². The third kappa shape index (κ3) is 2.36. The van der Waals surface area contributed by atoms with Crippen molar-refractivity contribution in [1.29, 1.82) is 0 Å². The number of nitrogens with one attached hydrogen (secondary N) is 2. The molecule has 8 heteroatoms. The molecule has 2 heterocycles. The average Bonchev–Trinajstić information content (AvgIpc) is 2.75. The number of anilines is 1. The SMILES string of the molecule is CCCc1[nH]nc(C(=O)N2CC(=O)NC(=O)C2C)c1N. The fourth-order valence-electron chi connectivity index (χ4n) is 2.09. The standard InChI is InChI=1S/C12H17N5O3/c1-3-4-7-9(13)10(16-15-7)12(20)17-5-8(18)14-11(19)6(17)2/h6H,3-5,13H2,1-2H3,(H,15,16)(H,14,18,19). The van der Waals surface area contributed by atoms with E-state index >= 15 is 0 Å². The van der Waals surface area contributed by atoms with Crippen LogP contribution in [0.5, 0.6) is 0 Å². The fourth-order valence-corrected chi connectivity index (χ4v) is 2.09. The Labute approximate surface area is 115 Å². The van der Waals surface area contributed by atoms with E-state index in [0.717, 1.165) is 6.42 Å². The largest absolute Gasteiger partial charge is 0.395 e. The summed E-state index contributed by atoms with van der Waals surface area (Å²) in [5.74, 6) is -1.53.